The highest BCUT2D eigenvalue weighted by Gasteiger charge is 2.22. The lowest BCUT2D eigenvalue weighted by molar-refractivity contribution is -0.383. The minimum Gasteiger partial charge on any atom is -0.490 e. The van der Waals surface area contributed by atoms with Crippen molar-refractivity contribution in [1.82, 2.24) is 4.57 Å². The van der Waals surface area contributed by atoms with Crippen LogP contribution in [0.3, 0.4) is 0 Å². The number of primary amides is 1. The number of methoxy groups -OCH3 is 1. The Balaban J connectivity index is 2.83. The summed E-state index contributed by atoms with van der Waals surface area (Å²) in [5, 5.41) is 11.4. The summed E-state index contributed by atoms with van der Waals surface area (Å²) in [7, 11) is 1.31. The Bertz CT molecular complexity index is 796. The van der Waals surface area contributed by atoms with Gasteiger partial charge in [0.2, 0.25) is 5.91 Å². The zero-order valence-electron chi connectivity index (χ0n) is 11.4. The van der Waals surface area contributed by atoms with E-state index < -0.39 is 22.4 Å². The van der Waals surface area contributed by atoms with Gasteiger partial charge in [0.05, 0.1) is 22.8 Å². The van der Waals surface area contributed by atoms with Crippen molar-refractivity contribution in [3.63, 3.8) is 0 Å². The second-order valence-corrected chi connectivity index (χ2v) is 4.44. The summed E-state index contributed by atoms with van der Waals surface area (Å²) in [6, 6.07) is 3.33. The number of pyridine rings is 1. The first-order valence-corrected chi connectivity index (χ1v) is 6.04. The van der Waals surface area contributed by atoms with Crippen LogP contribution in [0.2, 0.25) is 0 Å². The molecule has 0 fully saturated rings. The van der Waals surface area contributed by atoms with Gasteiger partial charge >= 0.3 is 5.69 Å². The fourth-order valence-electron chi connectivity index (χ4n) is 2.10. The summed E-state index contributed by atoms with van der Waals surface area (Å²) in [6.07, 6.45) is 1.31. The quantitative estimate of drug-likeness (QED) is 0.665. The number of carbonyl (C=O) groups is 1. The molecule has 0 saturated heterocycles. The van der Waals surface area contributed by atoms with Gasteiger partial charge in [-0.2, -0.15) is 0 Å². The van der Waals surface area contributed by atoms with Crippen molar-refractivity contribution in [1.29, 1.82) is 0 Å². The van der Waals surface area contributed by atoms with Crippen molar-refractivity contribution in [3.05, 3.63) is 44.9 Å². The molecule has 1 aromatic heterocycles. The summed E-state index contributed by atoms with van der Waals surface area (Å²) in [5.74, 6) is -0.605. The Kier molecular flexibility index (Phi) is 3.62. The van der Waals surface area contributed by atoms with Gasteiger partial charge in [-0.1, -0.05) is 0 Å². The number of carbonyl (C=O) groups excluding carboxylic acids is 1. The zero-order valence-corrected chi connectivity index (χ0v) is 11.4. The van der Waals surface area contributed by atoms with Gasteiger partial charge in [0, 0.05) is 6.20 Å². The molecule has 8 heteroatoms. The Labute approximate surface area is 118 Å². The number of ether oxygens (including phenoxy) is 1. The molecule has 1 atom stereocenters. The highest BCUT2D eigenvalue weighted by atomic mass is 16.6. The number of nitrogens with two attached hydrogens (primary N) is 1. The number of rotatable bonds is 4. The molecule has 0 bridgehead atoms. The van der Waals surface area contributed by atoms with E-state index in [-0.39, 0.29) is 22.2 Å². The molecule has 110 valence electrons. The number of amides is 1. The molecule has 2 N–H and O–H groups in total. The number of hydrogen-bond acceptors (Lipinski definition) is 5. The van der Waals surface area contributed by atoms with Crippen molar-refractivity contribution >= 4 is 22.4 Å². The second kappa shape index (κ2) is 5.23. The second-order valence-electron chi connectivity index (χ2n) is 4.44. The van der Waals surface area contributed by atoms with Gasteiger partial charge in [0.1, 0.15) is 6.04 Å². The summed E-state index contributed by atoms with van der Waals surface area (Å²) < 4.78 is 6.09. The molecule has 2 aromatic rings. The molecule has 0 spiro atoms. The predicted octanol–water partition coefficient (Wildman–Crippen LogP) is 0.965. The topological polar surface area (TPSA) is 117 Å². The third-order valence-corrected chi connectivity index (χ3v) is 3.28. The molecule has 8 nitrogen and oxygen atoms in total. The molecule has 0 radical (unpaired) electrons. The van der Waals surface area contributed by atoms with Crippen molar-refractivity contribution < 1.29 is 14.5 Å². The van der Waals surface area contributed by atoms with Crippen LogP contribution in [0.1, 0.15) is 13.0 Å². The maximum atomic E-state index is 12.3. The largest absolute Gasteiger partial charge is 0.490 e. The van der Waals surface area contributed by atoms with E-state index in [0.29, 0.717) is 0 Å². The Morgan fingerprint density at radius 1 is 1.38 bits per heavy atom. The van der Waals surface area contributed by atoms with Crippen LogP contribution in [-0.2, 0) is 4.79 Å². The number of fused-ring (bicyclic) bond motifs is 1. The van der Waals surface area contributed by atoms with Gasteiger partial charge in [-0.25, -0.2) is 0 Å². The molecule has 0 aliphatic heterocycles. The van der Waals surface area contributed by atoms with Crippen LogP contribution in [0.25, 0.3) is 10.8 Å². The van der Waals surface area contributed by atoms with E-state index in [1.165, 1.54) is 38.4 Å². The van der Waals surface area contributed by atoms with E-state index in [9.17, 15) is 19.7 Å². The molecule has 1 unspecified atom stereocenters. The van der Waals surface area contributed by atoms with Crippen LogP contribution in [0, 0.1) is 10.1 Å². The standard InChI is InChI=1S/C13H13N3O5/c1-7(12(14)17)15-6-5-8-9(13(15)18)3-4-10(21-2)11(8)16(19)20/h3-7H,1-2H3,(H2,14,17). The first-order chi connectivity index (χ1) is 9.88. The SMILES string of the molecule is COc1ccc2c(=O)n(C(C)C(N)=O)ccc2c1[N+](=O)[O-]. The summed E-state index contributed by atoms with van der Waals surface area (Å²) >= 11 is 0. The van der Waals surface area contributed by atoms with Gasteiger partial charge in [0.25, 0.3) is 5.56 Å². The van der Waals surface area contributed by atoms with Gasteiger partial charge in [-0.3, -0.25) is 19.7 Å². The van der Waals surface area contributed by atoms with Gasteiger partial charge in [0.15, 0.2) is 5.75 Å². The number of nitro benzene ring substituents is 1. The maximum absolute atomic E-state index is 12.3. The van der Waals surface area contributed by atoms with E-state index in [2.05, 4.69) is 0 Å². The van der Waals surface area contributed by atoms with Crippen LogP contribution >= 0.6 is 0 Å². The molecule has 2 rings (SSSR count). The van der Waals surface area contributed by atoms with Gasteiger partial charge < -0.3 is 15.0 Å². The van der Waals surface area contributed by atoms with Crippen molar-refractivity contribution in [2.75, 3.05) is 7.11 Å². The molecular formula is C13H13N3O5. The monoisotopic (exact) mass is 291 g/mol. The average Bonchev–Trinajstić information content (AvgIpc) is 2.45. The van der Waals surface area contributed by atoms with Crippen LogP contribution in [0.15, 0.2) is 29.2 Å². The van der Waals surface area contributed by atoms with E-state index in [4.69, 9.17) is 10.5 Å². The molecule has 0 aliphatic rings. The van der Waals surface area contributed by atoms with Crippen molar-refractivity contribution in [3.8, 4) is 5.75 Å². The Morgan fingerprint density at radius 2 is 2.05 bits per heavy atom. The smallest absolute Gasteiger partial charge is 0.318 e. The van der Waals surface area contributed by atoms with E-state index >= 15 is 0 Å². The highest BCUT2D eigenvalue weighted by Crippen LogP contribution is 2.33. The first kappa shape index (κ1) is 14.5. The van der Waals surface area contributed by atoms with Crippen molar-refractivity contribution in [2.24, 2.45) is 5.73 Å². The van der Waals surface area contributed by atoms with Crippen LogP contribution in [-0.4, -0.2) is 22.5 Å². The number of nitro groups is 1. The maximum Gasteiger partial charge on any atom is 0.318 e. The van der Waals surface area contributed by atoms with E-state index in [1.807, 2.05) is 0 Å². The van der Waals surface area contributed by atoms with Gasteiger partial charge in [-0.05, 0) is 25.1 Å². The number of aromatic nitrogens is 1. The molecular weight excluding hydrogens is 278 g/mol. The number of hydrogen-bond donors (Lipinski definition) is 1. The molecule has 1 amide bonds. The van der Waals surface area contributed by atoms with Crippen LogP contribution < -0.4 is 16.0 Å². The normalized spacial score (nSPS) is 12.1. The van der Waals surface area contributed by atoms with Gasteiger partial charge in [-0.15, -0.1) is 0 Å². The summed E-state index contributed by atoms with van der Waals surface area (Å²) in [4.78, 5) is 34.1. The fourth-order valence-corrected chi connectivity index (χ4v) is 2.10. The third-order valence-electron chi connectivity index (χ3n) is 3.28. The minimum absolute atomic E-state index is 0.0626. The molecule has 1 aromatic carbocycles. The van der Waals surface area contributed by atoms with E-state index in [1.54, 1.807) is 0 Å². The highest BCUT2D eigenvalue weighted by molar-refractivity contribution is 5.93. The molecule has 0 saturated carbocycles. The third kappa shape index (κ3) is 2.31. The van der Waals surface area contributed by atoms with Crippen LogP contribution in [0.5, 0.6) is 5.75 Å². The molecule has 21 heavy (non-hydrogen) atoms. The predicted molar refractivity (Wildman–Crippen MR) is 75.3 cm³/mol. The summed E-state index contributed by atoms with van der Waals surface area (Å²) in [6.45, 7) is 1.48. The van der Waals surface area contributed by atoms with Crippen LogP contribution in [0.4, 0.5) is 5.69 Å². The Hall–Kier alpha value is -2.90. The molecule has 0 aliphatic carbocycles. The summed E-state index contributed by atoms with van der Waals surface area (Å²) in [5.41, 5.74) is 4.37. The first-order valence-electron chi connectivity index (χ1n) is 6.04. The number of benzene rings is 1. The lowest BCUT2D eigenvalue weighted by Crippen LogP contribution is -2.31. The number of nitrogens with zero attached hydrogens (tertiary/aromatic N) is 2. The van der Waals surface area contributed by atoms with E-state index in [0.717, 1.165) is 4.57 Å². The Morgan fingerprint density at radius 3 is 2.57 bits per heavy atom. The lowest BCUT2D eigenvalue weighted by atomic mass is 10.1. The van der Waals surface area contributed by atoms with Crippen molar-refractivity contribution in [2.45, 2.75) is 13.0 Å². The minimum atomic E-state index is -0.844. The zero-order chi connectivity index (χ0) is 15.7. The average molecular weight is 291 g/mol. The fraction of sp³-hybridized carbons (Fsp3) is 0.231. The lowest BCUT2D eigenvalue weighted by Gasteiger charge is -2.12. The molecule has 1 heterocycles.